The Morgan fingerprint density at radius 2 is 2.00 bits per heavy atom. The molecule has 2 N–H and O–H groups in total. The topological polar surface area (TPSA) is 48.1 Å². The highest BCUT2D eigenvalue weighted by atomic mass is 16.5. The van der Waals surface area contributed by atoms with Crippen molar-refractivity contribution >= 4 is 0 Å². The molecule has 0 bridgehead atoms. The van der Waals surface area contributed by atoms with Gasteiger partial charge in [0.25, 0.3) is 0 Å². The first-order valence-electron chi connectivity index (χ1n) is 6.06. The van der Waals surface area contributed by atoms with Crippen molar-refractivity contribution in [1.82, 2.24) is 4.98 Å². The number of benzene rings is 1. The lowest BCUT2D eigenvalue weighted by molar-refractivity contribution is 0.175. The lowest BCUT2D eigenvalue weighted by Gasteiger charge is -2.22. The second-order valence-electron chi connectivity index (χ2n) is 4.47. The van der Waals surface area contributed by atoms with E-state index in [0.717, 1.165) is 17.0 Å². The van der Waals surface area contributed by atoms with Gasteiger partial charge in [0.15, 0.2) is 6.10 Å². The molecular formula is C15H18N2O. The molecule has 1 aromatic heterocycles. The summed E-state index contributed by atoms with van der Waals surface area (Å²) in [4.78, 5) is 4.31. The van der Waals surface area contributed by atoms with Crippen LogP contribution in [0.4, 0.5) is 0 Å². The van der Waals surface area contributed by atoms with Gasteiger partial charge in [-0.25, -0.2) is 0 Å². The summed E-state index contributed by atoms with van der Waals surface area (Å²) in [5, 5.41) is 0. The van der Waals surface area contributed by atoms with Crippen molar-refractivity contribution < 1.29 is 4.74 Å². The highest BCUT2D eigenvalue weighted by Gasteiger charge is 2.19. The molecular weight excluding hydrogens is 224 g/mol. The van der Waals surface area contributed by atoms with Crippen LogP contribution in [0.2, 0.25) is 0 Å². The van der Waals surface area contributed by atoms with Gasteiger partial charge in [-0.2, -0.15) is 0 Å². The highest BCUT2D eigenvalue weighted by molar-refractivity contribution is 5.28. The number of pyridine rings is 1. The van der Waals surface area contributed by atoms with E-state index in [-0.39, 0.29) is 12.1 Å². The minimum Gasteiger partial charge on any atom is -0.482 e. The quantitative estimate of drug-likeness (QED) is 0.896. The van der Waals surface area contributed by atoms with Gasteiger partial charge < -0.3 is 10.5 Å². The molecule has 0 aliphatic heterocycles. The molecule has 2 unspecified atom stereocenters. The number of ether oxygens (including phenoxy) is 1. The number of hydrogen-bond acceptors (Lipinski definition) is 3. The SMILES string of the molecule is Cc1cccc(OC(c2ccccn2)C(C)N)c1. The van der Waals surface area contributed by atoms with Crippen LogP contribution in [0.15, 0.2) is 48.7 Å². The molecule has 0 spiro atoms. The van der Waals surface area contributed by atoms with Crippen LogP contribution in [0.3, 0.4) is 0 Å². The molecule has 2 atom stereocenters. The van der Waals surface area contributed by atoms with E-state index in [9.17, 15) is 0 Å². The summed E-state index contributed by atoms with van der Waals surface area (Å²) in [6, 6.07) is 13.6. The van der Waals surface area contributed by atoms with E-state index < -0.39 is 0 Å². The number of nitrogens with two attached hydrogens (primary N) is 1. The van der Waals surface area contributed by atoms with Gasteiger partial charge in [-0.05, 0) is 43.7 Å². The maximum absolute atomic E-state index is 5.99. The molecule has 0 saturated heterocycles. The summed E-state index contributed by atoms with van der Waals surface area (Å²) in [6.07, 6.45) is 1.53. The third kappa shape index (κ3) is 3.08. The third-order valence-corrected chi connectivity index (χ3v) is 2.71. The predicted octanol–water partition coefficient (Wildman–Crippen LogP) is 2.86. The van der Waals surface area contributed by atoms with Gasteiger partial charge in [0, 0.05) is 12.2 Å². The first kappa shape index (κ1) is 12.6. The average Bonchev–Trinajstić information content (AvgIpc) is 2.37. The zero-order valence-corrected chi connectivity index (χ0v) is 10.7. The van der Waals surface area contributed by atoms with Crippen LogP contribution in [0.1, 0.15) is 24.3 Å². The third-order valence-electron chi connectivity index (χ3n) is 2.71. The van der Waals surface area contributed by atoms with Gasteiger partial charge in [-0.3, -0.25) is 4.98 Å². The van der Waals surface area contributed by atoms with Crippen molar-refractivity contribution in [2.45, 2.75) is 26.0 Å². The molecule has 0 fully saturated rings. The Bertz CT molecular complexity index is 497. The molecule has 3 nitrogen and oxygen atoms in total. The van der Waals surface area contributed by atoms with Crippen LogP contribution in [0.5, 0.6) is 5.75 Å². The minimum atomic E-state index is -0.229. The first-order chi connectivity index (χ1) is 8.66. The lowest BCUT2D eigenvalue weighted by Crippen LogP contribution is -2.29. The fraction of sp³-hybridized carbons (Fsp3) is 0.267. The molecule has 0 aliphatic rings. The smallest absolute Gasteiger partial charge is 0.155 e. The molecule has 0 amide bonds. The Kier molecular flexibility index (Phi) is 3.95. The second kappa shape index (κ2) is 5.65. The van der Waals surface area contributed by atoms with E-state index in [2.05, 4.69) is 4.98 Å². The van der Waals surface area contributed by atoms with Gasteiger partial charge in [0.05, 0.1) is 5.69 Å². The molecule has 2 rings (SSSR count). The van der Waals surface area contributed by atoms with E-state index in [1.165, 1.54) is 0 Å². The van der Waals surface area contributed by atoms with Gasteiger partial charge in [0.1, 0.15) is 5.75 Å². The van der Waals surface area contributed by atoms with Gasteiger partial charge in [-0.15, -0.1) is 0 Å². The second-order valence-corrected chi connectivity index (χ2v) is 4.47. The zero-order chi connectivity index (χ0) is 13.0. The van der Waals surface area contributed by atoms with Crippen LogP contribution in [-0.2, 0) is 0 Å². The van der Waals surface area contributed by atoms with Gasteiger partial charge >= 0.3 is 0 Å². The number of rotatable bonds is 4. The number of aromatic nitrogens is 1. The van der Waals surface area contributed by atoms with Crippen LogP contribution < -0.4 is 10.5 Å². The van der Waals surface area contributed by atoms with Crippen molar-refractivity contribution in [1.29, 1.82) is 0 Å². The van der Waals surface area contributed by atoms with Gasteiger partial charge in [-0.1, -0.05) is 18.2 Å². The lowest BCUT2D eigenvalue weighted by atomic mass is 10.1. The van der Waals surface area contributed by atoms with Gasteiger partial charge in [0.2, 0.25) is 0 Å². The maximum Gasteiger partial charge on any atom is 0.155 e. The average molecular weight is 242 g/mol. The van der Waals surface area contributed by atoms with E-state index in [1.54, 1.807) is 6.20 Å². The van der Waals surface area contributed by atoms with Crippen molar-refractivity contribution in [3.63, 3.8) is 0 Å². The summed E-state index contributed by atoms with van der Waals surface area (Å²) in [7, 11) is 0. The Hall–Kier alpha value is -1.87. The molecule has 1 aromatic carbocycles. The van der Waals surface area contributed by atoms with Crippen LogP contribution in [0.25, 0.3) is 0 Å². The van der Waals surface area contributed by atoms with Crippen LogP contribution in [0, 0.1) is 6.92 Å². The Morgan fingerprint density at radius 1 is 1.17 bits per heavy atom. The summed E-state index contributed by atoms with van der Waals surface area (Å²) < 4.78 is 5.96. The van der Waals surface area contributed by atoms with E-state index >= 15 is 0 Å². The van der Waals surface area contributed by atoms with Crippen LogP contribution >= 0.6 is 0 Å². The first-order valence-corrected chi connectivity index (χ1v) is 6.06. The predicted molar refractivity (Wildman–Crippen MR) is 72.4 cm³/mol. The summed E-state index contributed by atoms with van der Waals surface area (Å²) in [6.45, 7) is 3.96. The standard InChI is InChI=1S/C15H18N2O/c1-11-6-5-7-13(10-11)18-15(12(2)16)14-8-3-4-9-17-14/h3-10,12,15H,16H2,1-2H3. The highest BCUT2D eigenvalue weighted by Crippen LogP contribution is 2.23. The summed E-state index contributed by atoms with van der Waals surface area (Å²) in [5.41, 5.74) is 8.01. The molecule has 1 heterocycles. The molecule has 2 aromatic rings. The molecule has 0 radical (unpaired) electrons. The molecule has 94 valence electrons. The fourth-order valence-corrected chi connectivity index (χ4v) is 1.82. The van der Waals surface area contributed by atoms with Crippen molar-refractivity contribution in [2.75, 3.05) is 0 Å². The van der Waals surface area contributed by atoms with E-state index in [0.29, 0.717) is 0 Å². The molecule has 3 heteroatoms. The summed E-state index contributed by atoms with van der Waals surface area (Å²) >= 11 is 0. The number of hydrogen-bond donors (Lipinski definition) is 1. The molecule has 0 saturated carbocycles. The Morgan fingerprint density at radius 3 is 2.61 bits per heavy atom. The van der Waals surface area contributed by atoms with Crippen molar-refractivity contribution in [3.05, 3.63) is 59.9 Å². The Labute approximate surface area is 108 Å². The minimum absolute atomic E-state index is 0.125. The molecule has 18 heavy (non-hydrogen) atoms. The van der Waals surface area contributed by atoms with E-state index in [4.69, 9.17) is 10.5 Å². The Balaban J connectivity index is 2.22. The largest absolute Gasteiger partial charge is 0.482 e. The van der Waals surface area contributed by atoms with Crippen molar-refractivity contribution in [2.24, 2.45) is 5.73 Å². The fourth-order valence-electron chi connectivity index (χ4n) is 1.82. The number of nitrogens with zero attached hydrogens (tertiary/aromatic N) is 1. The molecule has 0 aliphatic carbocycles. The summed E-state index contributed by atoms with van der Waals surface area (Å²) in [5.74, 6) is 0.822. The van der Waals surface area contributed by atoms with Crippen molar-refractivity contribution in [3.8, 4) is 5.75 Å². The van der Waals surface area contributed by atoms with Crippen LogP contribution in [-0.4, -0.2) is 11.0 Å². The monoisotopic (exact) mass is 242 g/mol. The normalized spacial score (nSPS) is 13.9. The zero-order valence-electron chi connectivity index (χ0n) is 10.7. The maximum atomic E-state index is 5.99. The number of aryl methyl sites for hydroxylation is 1. The van der Waals surface area contributed by atoms with E-state index in [1.807, 2.05) is 56.3 Å².